The topological polar surface area (TPSA) is 65.8 Å². The highest BCUT2D eigenvalue weighted by molar-refractivity contribution is 6.31. The number of aliphatic carboxylic acids is 1. The molecule has 5 nitrogen and oxygen atoms in total. The van der Waals surface area contributed by atoms with Crippen LogP contribution in [0.15, 0.2) is 53.3 Å². The first kappa shape index (κ1) is 23.7. The zero-order valence-electron chi connectivity index (χ0n) is 19.0. The van der Waals surface area contributed by atoms with E-state index in [-0.39, 0.29) is 6.54 Å². The summed E-state index contributed by atoms with van der Waals surface area (Å²) >= 11 is 6.30. The Morgan fingerprint density at radius 3 is 2.88 bits per heavy atom. The van der Waals surface area contributed by atoms with Crippen molar-refractivity contribution in [3.8, 4) is 0 Å². The van der Waals surface area contributed by atoms with Crippen LogP contribution in [-0.2, 0) is 17.6 Å². The van der Waals surface area contributed by atoms with Crippen molar-refractivity contribution in [1.82, 2.24) is 9.88 Å². The van der Waals surface area contributed by atoms with Gasteiger partial charge in [0.05, 0.1) is 12.2 Å². The van der Waals surface area contributed by atoms with Crippen LogP contribution in [0, 0.1) is 0 Å². The average Bonchev–Trinajstić information content (AvgIpc) is 3.01. The predicted octanol–water partition coefficient (Wildman–Crippen LogP) is 5.66. The quantitative estimate of drug-likeness (QED) is 0.572. The summed E-state index contributed by atoms with van der Waals surface area (Å²) in [6.07, 6.45) is 14.0. The Kier molecular flexibility index (Phi) is 8.30. The SMILES string of the molecule is O=C(O)CN1CCCC(c2nccc3c2C=NC(CCCc2ccccc2Cl)=CCC3)CC1. The van der Waals surface area contributed by atoms with E-state index in [4.69, 9.17) is 26.7 Å². The fraction of sp³-hybridized carbons (Fsp3) is 0.444. The summed E-state index contributed by atoms with van der Waals surface area (Å²) in [6, 6.07) is 10.2. The van der Waals surface area contributed by atoms with Crippen molar-refractivity contribution in [3.05, 3.63) is 75.7 Å². The number of rotatable bonds is 7. The Morgan fingerprint density at radius 1 is 1.15 bits per heavy atom. The zero-order valence-corrected chi connectivity index (χ0v) is 19.8. The number of likely N-dealkylation sites (tertiary alicyclic amines) is 1. The molecule has 1 saturated heterocycles. The Hall–Kier alpha value is -2.50. The lowest BCUT2D eigenvalue weighted by Gasteiger charge is -2.20. The molecule has 0 amide bonds. The van der Waals surface area contributed by atoms with Gasteiger partial charge in [-0.25, -0.2) is 0 Å². The van der Waals surface area contributed by atoms with Crippen molar-refractivity contribution < 1.29 is 9.90 Å². The third-order valence-electron chi connectivity index (χ3n) is 6.67. The van der Waals surface area contributed by atoms with E-state index in [0.717, 1.165) is 80.9 Å². The Bertz CT molecular complexity index is 1030. The lowest BCUT2D eigenvalue weighted by Crippen LogP contribution is -2.30. The predicted molar refractivity (Wildman–Crippen MR) is 133 cm³/mol. The van der Waals surface area contributed by atoms with Crippen LogP contribution in [0.3, 0.4) is 0 Å². The van der Waals surface area contributed by atoms with Crippen LogP contribution in [0.5, 0.6) is 0 Å². The van der Waals surface area contributed by atoms with E-state index in [1.807, 2.05) is 35.5 Å². The molecule has 2 aliphatic heterocycles. The molecule has 1 atom stereocenters. The number of carbonyl (C=O) groups is 1. The number of hydrogen-bond acceptors (Lipinski definition) is 4. The van der Waals surface area contributed by atoms with Crippen molar-refractivity contribution in [2.24, 2.45) is 4.99 Å². The van der Waals surface area contributed by atoms with E-state index in [9.17, 15) is 4.79 Å². The molecule has 2 aromatic rings. The lowest BCUT2D eigenvalue weighted by molar-refractivity contribution is -0.138. The zero-order chi connectivity index (χ0) is 23.0. The highest BCUT2D eigenvalue weighted by atomic mass is 35.5. The van der Waals surface area contributed by atoms with Gasteiger partial charge in [0.15, 0.2) is 0 Å². The second kappa shape index (κ2) is 11.6. The molecule has 2 aliphatic rings. The number of allylic oxidation sites excluding steroid dienone is 2. The van der Waals surface area contributed by atoms with Gasteiger partial charge in [-0.3, -0.25) is 19.7 Å². The number of aromatic nitrogens is 1. The molecule has 0 spiro atoms. The number of fused-ring (bicyclic) bond motifs is 1. The molecule has 0 saturated carbocycles. The number of aryl methyl sites for hydroxylation is 2. The van der Waals surface area contributed by atoms with Gasteiger partial charge in [0, 0.05) is 34.6 Å². The van der Waals surface area contributed by atoms with E-state index < -0.39 is 5.97 Å². The average molecular weight is 466 g/mol. The fourth-order valence-corrected chi connectivity index (χ4v) is 5.15. The van der Waals surface area contributed by atoms with E-state index in [1.165, 1.54) is 16.7 Å². The lowest BCUT2D eigenvalue weighted by atomic mass is 9.90. The normalized spacial score (nSPS) is 19.2. The second-order valence-electron chi connectivity index (χ2n) is 9.00. The molecular formula is C27H32ClN3O2. The van der Waals surface area contributed by atoms with Crippen LogP contribution in [0.4, 0.5) is 0 Å². The number of benzene rings is 1. The number of nitrogens with zero attached hydrogens (tertiary/aromatic N) is 3. The first-order valence-corrected chi connectivity index (χ1v) is 12.4. The number of hydrogen-bond donors (Lipinski definition) is 1. The molecule has 3 heterocycles. The highest BCUT2D eigenvalue weighted by Crippen LogP contribution is 2.31. The molecular weight excluding hydrogens is 434 g/mol. The van der Waals surface area contributed by atoms with Gasteiger partial charge in [-0.05, 0) is 87.7 Å². The van der Waals surface area contributed by atoms with Gasteiger partial charge in [-0.15, -0.1) is 0 Å². The number of carboxylic acids is 1. The first-order valence-electron chi connectivity index (χ1n) is 12.0. The number of carboxylic acid groups (broad SMARTS) is 1. The van der Waals surface area contributed by atoms with Gasteiger partial charge in [0.2, 0.25) is 0 Å². The molecule has 4 rings (SSSR count). The summed E-state index contributed by atoms with van der Waals surface area (Å²) in [5.74, 6) is -0.408. The van der Waals surface area contributed by atoms with E-state index in [0.29, 0.717) is 5.92 Å². The maximum atomic E-state index is 11.1. The van der Waals surface area contributed by atoms with Gasteiger partial charge < -0.3 is 5.11 Å². The van der Waals surface area contributed by atoms with Crippen LogP contribution >= 0.6 is 11.6 Å². The molecule has 0 radical (unpaired) electrons. The van der Waals surface area contributed by atoms with Crippen molar-refractivity contribution in [2.75, 3.05) is 19.6 Å². The van der Waals surface area contributed by atoms with Crippen molar-refractivity contribution >= 4 is 23.8 Å². The Morgan fingerprint density at radius 2 is 2.03 bits per heavy atom. The molecule has 0 aliphatic carbocycles. The molecule has 1 unspecified atom stereocenters. The smallest absolute Gasteiger partial charge is 0.317 e. The molecule has 0 bridgehead atoms. The third-order valence-corrected chi connectivity index (χ3v) is 7.04. The van der Waals surface area contributed by atoms with E-state index in [2.05, 4.69) is 18.2 Å². The van der Waals surface area contributed by atoms with Crippen LogP contribution in [0.2, 0.25) is 5.02 Å². The second-order valence-corrected chi connectivity index (χ2v) is 9.41. The van der Waals surface area contributed by atoms with Gasteiger partial charge in [0.25, 0.3) is 0 Å². The number of halogens is 1. The molecule has 1 aromatic heterocycles. The van der Waals surface area contributed by atoms with Crippen molar-refractivity contribution in [3.63, 3.8) is 0 Å². The van der Waals surface area contributed by atoms with E-state index in [1.54, 1.807) is 0 Å². The van der Waals surface area contributed by atoms with Gasteiger partial charge in [0.1, 0.15) is 0 Å². The molecule has 1 fully saturated rings. The summed E-state index contributed by atoms with van der Waals surface area (Å²) < 4.78 is 0. The maximum Gasteiger partial charge on any atom is 0.317 e. The molecule has 1 N–H and O–H groups in total. The molecule has 6 heteroatoms. The maximum absolute atomic E-state index is 11.1. The summed E-state index contributed by atoms with van der Waals surface area (Å²) in [6.45, 7) is 1.76. The van der Waals surface area contributed by atoms with E-state index >= 15 is 0 Å². The summed E-state index contributed by atoms with van der Waals surface area (Å²) in [4.78, 5) is 22.8. The summed E-state index contributed by atoms with van der Waals surface area (Å²) in [5.41, 5.74) is 5.94. The number of pyridine rings is 1. The minimum absolute atomic E-state index is 0.122. The van der Waals surface area contributed by atoms with Crippen LogP contribution < -0.4 is 0 Å². The van der Waals surface area contributed by atoms with Gasteiger partial charge >= 0.3 is 5.97 Å². The largest absolute Gasteiger partial charge is 0.480 e. The Balaban J connectivity index is 1.44. The minimum Gasteiger partial charge on any atom is -0.480 e. The molecule has 33 heavy (non-hydrogen) atoms. The van der Waals surface area contributed by atoms with Gasteiger partial charge in [-0.1, -0.05) is 35.9 Å². The van der Waals surface area contributed by atoms with Crippen LogP contribution in [-0.4, -0.2) is 46.8 Å². The van der Waals surface area contributed by atoms with Crippen LogP contribution in [0.25, 0.3) is 0 Å². The standard InChI is InChI=1S/C27H32ClN3O2/c28-25-12-2-1-6-21(25)8-4-11-23-10-3-7-20-13-15-29-27(24(20)18-30-23)22-9-5-16-31(17-14-22)19-26(32)33/h1-2,6,10,12-13,15,18,22H,3-5,7-9,11,14,16-17,19H2,(H,32,33). The van der Waals surface area contributed by atoms with Crippen LogP contribution in [0.1, 0.15) is 66.8 Å². The summed E-state index contributed by atoms with van der Waals surface area (Å²) in [7, 11) is 0. The van der Waals surface area contributed by atoms with Crippen molar-refractivity contribution in [2.45, 2.75) is 57.3 Å². The van der Waals surface area contributed by atoms with Crippen molar-refractivity contribution in [1.29, 1.82) is 0 Å². The monoisotopic (exact) mass is 465 g/mol. The fourth-order valence-electron chi connectivity index (χ4n) is 4.92. The van der Waals surface area contributed by atoms with Gasteiger partial charge in [-0.2, -0.15) is 0 Å². The molecule has 1 aromatic carbocycles. The first-order chi connectivity index (χ1) is 16.1. The number of aliphatic imine (C=N–C) groups is 1. The Labute approximate surface area is 201 Å². The minimum atomic E-state index is -0.752. The molecule has 174 valence electrons. The summed E-state index contributed by atoms with van der Waals surface area (Å²) in [5, 5.41) is 9.97. The highest BCUT2D eigenvalue weighted by Gasteiger charge is 2.23. The third kappa shape index (κ3) is 6.52.